The minimum atomic E-state index is 0.0346. The van der Waals surface area contributed by atoms with Crippen LogP contribution in [0.5, 0.6) is 0 Å². The summed E-state index contributed by atoms with van der Waals surface area (Å²) in [7, 11) is 0. The third-order valence-electron chi connectivity index (χ3n) is 5.13. The van der Waals surface area contributed by atoms with Crippen molar-refractivity contribution >= 4 is 16.9 Å². The van der Waals surface area contributed by atoms with Gasteiger partial charge in [0.25, 0.3) is 5.56 Å². The van der Waals surface area contributed by atoms with Crippen LogP contribution >= 0.6 is 0 Å². The Bertz CT molecular complexity index is 943. The first-order valence-corrected chi connectivity index (χ1v) is 9.27. The van der Waals surface area contributed by atoms with Gasteiger partial charge in [-0.1, -0.05) is 49.4 Å². The predicted molar refractivity (Wildman–Crippen MR) is 106 cm³/mol. The quantitative estimate of drug-likeness (QED) is 0.727. The zero-order valence-electron chi connectivity index (χ0n) is 15.1. The molecule has 1 saturated heterocycles. The highest BCUT2D eigenvalue weighted by Crippen LogP contribution is 2.18. The molecule has 4 rings (SSSR count). The summed E-state index contributed by atoms with van der Waals surface area (Å²) in [5.41, 5.74) is 1.92. The van der Waals surface area contributed by atoms with Crippen LogP contribution in [-0.4, -0.2) is 47.2 Å². The van der Waals surface area contributed by atoms with Crippen LogP contribution in [-0.2, 0) is 6.54 Å². The first kappa shape index (κ1) is 16.8. The third-order valence-corrected chi connectivity index (χ3v) is 5.13. The Morgan fingerprint density at radius 3 is 2.35 bits per heavy atom. The zero-order chi connectivity index (χ0) is 17.9. The number of hydrogen-bond donors (Lipinski definition) is 0. The molecule has 5 heteroatoms. The zero-order valence-corrected chi connectivity index (χ0v) is 15.1. The van der Waals surface area contributed by atoms with Gasteiger partial charge in [0.05, 0.1) is 17.4 Å². The fraction of sp³-hybridized carbons (Fsp3) is 0.333. The van der Waals surface area contributed by atoms with Crippen molar-refractivity contribution in [3.8, 4) is 0 Å². The number of piperazine rings is 1. The molecule has 2 heterocycles. The fourth-order valence-corrected chi connectivity index (χ4v) is 3.57. The maximum absolute atomic E-state index is 13.2. The van der Waals surface area contributed by atoms with Crippen LogP contribution in [0.1, 0.15) is 12.5 Å². The second-order valence-electron chi connectivity index (χ2n) is 6.73. The van der Waals surface area contributed by atoms with E-state index in [0.29, 0.717) is 11.9 Å². The number of aromatic nitrogens is 2. The smallest absolute Gasteiger partial charge is 0.263 e. The van der Waals surface area contributed by atoms with Gasteiger partial charge in [-0.05, 0) is 24.2 Å². The van der Waals surface area contributed by atoms with Gasteiger partial charge in [-0.3, -0.25) is 9.36 Å². The summed E-state index contributed by atoms with van der Waals surface area (Å²) in [5.74, 6) is 0.785. The van der Waals surface area contributed by atoms with Crippen LogP contribution in [0, 0.1) is 0 Å². The maximum atomic E-state index is 13.2. The molecule has 0 spiro atoms. The molecule has 1 aliphatic heterocycles. The lowest BCUT2D eigenvalue weighted by Gasteiger charge is -2.35. The predicted octanol–water partition coefficient (Wildman–Crippen LogP) is 2.59. The van der Waals surface area contributed by atoms with Crippen molar-refractivity contribution in [1.82, 2.24) is 14.5 Å². The van der Waals surface area contributed by atoms with E-state index in [1.807, 2.05) is 47.0 Å². The Morgan fingerprint density at radius 2 is 1.62 bits per heavy atom. The van der Waals surface area contributed by atoms with Crippen molar-refractivity contribution in [2.45, 2.75) is 13.5 Å². The molecule has 1 fully saturated rings. The number of para-hydroxylation sites is 1. The summed E-state index contributed by atoms with van der Waals surface area (Å²) in [6.45, 7) is 7.60. The van der Waals surface area contributed by atoms with E-state index < -0.39 is 0 Å². The first-order chi connectivity index (χ1) is 12.8. The number of fused-ring (bicyclic) bond motifs is 1. The van der Waals surface area contributed by atoms with Gasteiger partial charge < -0.3 is 9.80 Å². The van der Waals surface area contributed by atoms with Gasteiger partial charge in [-0.2, -0.15) is 0 Å². The molecule has 26 heavy (non-hydrogen) atoms. The highest BCUT2D eigenvalue weighted by Gasteiger charge is 2.21. The standard InChI is InChI=1S/C21H24N4O/c1-2-23-12-14-24(15-13-23)21-22-19-11-7-6-10-18(19)20(26)25(21)16-17-8-4-3-5-9-17/h3-11H,2,12-16H2,1H3. The molecular formula is C21H24N4O. The van der Waals surface area contributed by atoms with Gasteiger partial charge in [-0.25, -0.2) is 4.98 Å². The second-order valence-corrected chi connectivity index (χ2v) is 6.73. The van der Waals surface area contributed by atoms with Gasteiger partial charge in [-0.15, -0.1) is 0 Å². The Morgan fingerprint density at radius 1 is 0.923 bits per heavy atom. The van der Waals surface area contributed by atoms with E-state index in [0.717, 1.165) is 49.8 Å². The first-order valence-electron chi connectivity index (χ1n) is 9.27. The summed E-state index contributed by atoms with van der Waals surface area (Å²) >= 11 is 0. The molecule has 0 radical (unpaired) electrons. The number of likely N-dealkylation sites (N-methyl/N-ethyl adjacent to an activating group) is 1. The molecule has 1 aromatic heterocycles. The van der Waals surface area contributed by atoms with Gasteiger partial charge in [0.2, 0.25) is 5.95 Å². The fourth-order valence-electron chi connectivity index (χ4n) is 3.57. The van der Waals surface area contributed by atoms with E-state index >= 15 is 0 Å². The van der Waals surface area contributed by atoms with Crippen LogP contribution in [0.15, 0.2) is 59.4 Å². The molecule has 5 nitrogen and oxygen atoms in total. The Balaban J connectivity index is 1.79. The summed E-state index contributed by atoms with van der Waals surface area (Å²) < 4.78 is 1.83. The number of hydrogen-bond acceptors (Lipinski definition) is 4. The number of anilines is 1. The largest absolute Gasteiger partial charge is 0.340 e. The van der Waals surface area contributed by atoms with Crippen molar-refractivity contribution in [1.29, 1.82) is 0 Å². The SMILES string of the molecule is CCN1CCN(c2nc3ccccc3c(=O)n2Cc2ccccc2)CC1. The molecule has 0 saturated carbocycles. The van der Waals surface area contributed by atoms with Crippen molar-refractivity contribution in [2.75, 3.05) is 37.6 Å². The van der Waals surface area contributed by atoms with Crippen LogP contribution in [0.3, 0.4) is 0 Å². The van der Waals surface area contributed by atoms with E-state index in [1.165, 1.54) is 0 Å². The average Bonchev–Trinajstić information content (AvgIpc) is 2.71. The van der Waals surface area contributed by atoms with Crippen molar-refractivity contribution in [3.05, 3.63) is 70.5 Å². The highest BCUT2D eigenvalue weighted by molar-refractivity contribution is 5.78. The Labute approximate surface area is 153 Å². The molecule has 0 amide bonds. The van der Waals surface area contributed by atoms with E-state index in [-0.39, 0.29) is 5.56 Å². The summed E-state index contributed by atoms with van der Waals surface area (Å²) in [6, 6.07) is 17.8. The monoisotopic (exact) mass is 348 g/mol. The maximum Gasteiger partial charge on any atom is 0.263 e. The van der Waals surface area contributed by atoms with Crippen LogP contribution in [0.2, 0.25) is 0 Å². The minimum absolute atomic E-state index is 0.0346. The van der Waals surface area contributed by atoms with Crippen LogP contribution in [0.25, 0.3) is 10.9 Å². The van der Waals surface area contributed by atoms with Crippen molar-refractivity contribution in [3.63, 3.8) is 0 Å². The van der Waals surface area contributed by atoms with Gasteiger partial charge in [0, 0.05) is 26.2 Å². The molecular weight excluding hydrogens is 324 g/mol. The molecule has 2 aromatic carbocycles. The highest BCUT2D eigenvalue weighted by atomic mass is 16.1. The minimum Gasteiger partial charge on any atom is -0.340 e. The number of benzene rings is 2. The molecule has 3 aromatic rings. The lowest BCUT2D eigenvalue weighted by Crippen LogP contribution is -2.48. The molecule has 134 valence electrons. The summed E-state index contributed by atoms with van der Waals surface area (Å²) in [6.07, 6.45) is 0. The van der Waals surface area contributed by atoms with Crippen LogP contribution in [0.4, 0.5) is 5.95 Å². The van der Waals surface area contributed by atoms with Crippen molar-refractivity contribution in [2.24, 2.45) is 0 Å². The normalized spacial score (nSPS) is 15.5. The van der Waals surface area contributed by atoms with Crippen LogP contribution < -0.4 is 10.5 Å². The van der Waals surface area contributed by atoms with Gasteiger partial charge >= 0.3 is 0 Å². The number of rotatable bonds is 4. The summed E-state index contributed by atoms with van der Waals surface area (Å²) in [5, 5.41) is 0.680. The number of nitrogens with zero attached hydrogens (tertiary/aromatic N) is 4. The topological polar surface area (TPSA) is 41.4 Å². The molecule has 0 bridgehead atoms. The molecule has 0 atom stereocenters. The lowest BCUT2D eigenvalue weighted by atomic mass is 10.2. The average molecular weight is 348 g/mol. The lowest BCUT2D eigenvalue weighted by molar-refractivity contribution is 0.269. The molecule has 0 aliphatic carbocycles. The second kappa shape index (κ2) is 7.30. The summed E-state index contributed by atoms with van der Waals surface area (Å²) in [4.78, 5) is 22.8. The molecule has 1 aliphatic rings. The third kappa shape index (κ3) is 3.22. The van der Waals surface area contributed by atoms with E-state index in [4.69, 9.17) is 4.98 Å². The molecule has 0 unspecified atom stereocenters. The Kier molecular flexibility index (Phi) is 4.71. The van der Waals surface area contributed by atoms with E-state index in [1.54, 1.807) is 0 Å². The molecule has 0 N–H and O–H groups in total. The van der Waals surface area contributed by atoms with E-state index in [9.17, 15) is 4.79 Å². The van der Waals surface area contributed by atoms with Gasteiger partial charge in [0.1, 0.15) is 0 Å². The Hall–Kier alpha value is -2.66. The van der Waals surface area contributed by atoms with E-state index in [2.05, 4.69) is 28.9 Å². The van der Waals surface area contributed by atoms with Gasteiger partial charge in [0.15, 0.2) is 0 Å². The van der Waals surface area contributed by atoms with Crippen molar-refractivity contribution < 1.29 is 0 Å².